The SMILES string of the molecule is CN(Cc1ccccc1)c1ccc(S(C)(=O)=O)cc1[N+](=O)[O-]. The molecule has 0 spiro atoms. The molecular weight excluding hydrogens is 304 g/mol. The normalized spacial score (nSPS) is 11.2. The highest BCUT2D eigenvalue weighted by Gasteiger charge is 2.21. The van der Waals surface area contributed by atoms with Crippen LogP contribution in [0.5, 0.6) is 0 Å². The van der Waals surface area contributed by atoms with E-state index in [1.807, 2.05) is 30.3 Å². The predicted molar refractivity (Wildman–Crippen MR) is 84.8 cm³/mol. The molecule has 6 nitrogen and oxygen atoms in total. The molecule has 0 atom stereocenters. The molecule has 0 aromatic heterocycles. The molecule has 2 rings (SSSR count). The van der Waals surface area contributed by atoms with Crippen LogP contribution in [0.25, 0.3) is 0 Å². The smallest absolute Gasteiger partial charge is 0.293 e. The highest BCUT2D eigenvalue weighted by Crippen LogP contribution is 2.30. The van der Waals surface area contributed by atoms with Crippen LogP contribution in [0.1, 0.15) is 5.56 Å². The van der Waals surface area contributed by atoms with E-state index in [4.69, 9.17) is 0 Å². The molecule has 0 radical (unpaired) electrons. The van der Waals surface area contributed by atoms with Crippen LogP contribution in [-0.2, 0) is 16.4 Å². The van der Waals surface area contributed by atoms with Crippen molar-refractivity contribution in [1.82, 2.24) is 0 Å². The number of rotatable bonds is 5. The second kappa shape index (κ2) is 6.15. The Balaban J connectivity index is 2.40. The topological polar surface area (TPSA) is 80.5 Å². The Labute approximate surface area is 129 Å². The first-order chi connectivity index (χ1) is 10.3. The van der Waals surface area contributed by atoms with E-state index in [9.17, 15) is 18.5 Å². The molecule has 0 saturated carbocycles. The lowest BCUT2D eigenvalue weighted by Crippen LogP contribution is -2.18. The molecule has 0 heterocycles. The second-order valence-corrected chi connectivity index (χ2v) is 7.04. The van der Waals surface area contributed by atoms with Crippen molar-refractivity contribution in [3.63, 3.8) is 0 Å². The summed E-state index contributed by atoms with van der Waals surface area (Å²) in [5, 5.41) is 11.2. The second-order valence-electron chi connectivity index (χ2n) is 5.02. The molecule has 0 aliphatic carbocycles. The number of nitro benzene ring substituents is 1. The van der Waals surface area contributed by atoms with E-state index < -0.39 is 14.8 Å². The summed E-state index contributed by atoms with van der Waals surface area (Å²) in [5.41, 5.74) is 1.16. The van der Waals surface area contributed by atoms with Gasteiger partial charge < -0.3 is 4.90 Å². The molecule has 0 fully saturated rings. The number of hydrogen-bond acceptors (Lipinski definition) is 5. The maximum absolute atomic E-state index is 11.5. The van der Waals surface area contributed by atoms with Gasteiger partial charge >= 0.3 is 0 Å². The van der Waals surface area contributed by atoms with Crippen LogP contribution in [0.4, 0.5) is 11.4 Å². The largest absolute Gasteiger partial charge is 0.365 e. The highest BCUT2D eigenvalue weighted by atomic mass is 32.2. The van der Waals surface area contributed by atoms with Crippen LogP contribution in [0, 0.1) is 10.1 Å². The third-order valence-corrected chi connectivity index (χ3v) is 4.36. The Bertz CT molecular complexity index is 788. The van der Waals surface area contributed by atoms with Gasteiger partial charge in [-0.3, -0.25) is 10.1 Å². The molecule has 0 bridgehead atoms. The Morgan fingerprint density at radius 1 is 1.14 bits per heavy atom. The summed E-state index contributed by atoms with van der Waals surface area (Å²) in [4.78, 5) is 12.3. The highest BCUT2D eigenvalue weighted by molar-refractivity contribution is 7.90. The minimum Gasteiger partial charge on any atom is -0.365 e. The number of nitro groups is 1. The van der Waals surface area contributed by atoms with Gasteiger partial charge in [-0.1, -0.05) is 30.3 Å². The van der Waals surface area contributed by atoms with E-state index >= 15 is 0 Å². The lowest BCUT2D eigenvalue weighted by atomic mass is 10.2. The Kier molecular flexibility index (Phi) is 4.46. The number of anilines is 1. The van der Waals surface area contributed by atoms with Crippen LogP contribution in [0.3, 0.4) is 0 Å². The van der Waals surface area contributed by atoms with E-state index in [0.717, 1.165) is 17.9 Å². The summed E-state index contributed by atoms with van der Waals surface area (Å²) in [6, 6.07) is 13.5. The van der Waals surface area contributed by atoms with Gasteiger partial charge in [0.2, 0.25) is 0 Å². The zero-order valence-corrected chi connectivity index (χ0v) is 13.1. The number of nitrogens with zero attached hydrogens (tertiary/aromatic N) is 2. The Morgan fingerprint density at radius 2 is 1.77 bits per heavy atom. The fourth-order valence-corrected chi connectivity index (χ4v) is 2.79. The number of hydrogen-bond donors (Lipinski definition) is 0. The van der Waals surface area contributed by atoms with Gasteiger partial charge in [-0.15, -0.1) is 0 Å². The van der Waals surface area contributed by atoms with E-state index in [0.29, 0.717) is 12.2 Å². The van der Waals surface area contributed by atoms with Gasteiger partial charge in [0.15, 0.2) is 9.84 Å². The lowest BCUT2D eigenvalue weighted by Gasteiger charge is -2.19. The predicted octanol–water partition coefficient (Wildman–Crippen LogP) is 2.63. The maximum atomic E-state index is 11.5. The molecule has 0 aliphatic heterocycles. The van der Waals surface area contributed by atoms with Crippen molar-refractivity contribution in [2.24, 2.45) is 0 Å². The van der Waals surface area contributed by atoms with E-state index in [1.54, 1.807) is 11.9 Å². The van der Waals surface area contributed by atoms with Gasteiger partial charge in [0.25, 0.3) is 5.69 Å². The van der Waals surface area contributed by atoms with Crippen LogP contribution < -0.4 is 4.90 Å². The standard InChI is InChI=1S/C15H16N2O4S/c1-16(11-12-6-4-3-5-7-12)14-9-8-13(22(2,20)21)10-15(14)17(18)19/h3-10H,11H2,1-2H3. The Morgan fingerprint density at radius 3 is 2.32 bits per heavy atom. The molecule has 0 saturated heterocycles. The van der Waals surface area contributed by atoms with Crippen molar-refractivity contribution in [2.75, 3.05) is 18.2 Å². The van der Waals surface area contributed by atoms with Crippen molar-refractivity contribution < 1.29 is 13.3 Å². The summed E-state index contributed by atoms with van der Waals surface area (Å²) in [6.07, 6.45) is 1.03. The molecule has 0 amide bonds. The van der Waals surface area contributed by atoms with Crippen LogP contribution in [-0.4, -0.2) is 26.6 Å². The van der Waals surface area contributed by atoms with E-state index in [1.165, 1.54) is 12.1 Å². The summed E-state index contributed by atoms with van der Waals surface area (Å²) in [6.45, 7) is 0.486. The Hall–Kier alpha value is -2.41. The average molecular weight is 320 g/mol. The third-order valence-electron chi connectivity index (χ3n) is 3.25. The third kappa shape index (κ3) is 3.62. The van der Waals surface area contributed by atoms with E-state index in [-0.39, 0.29) is 10.6 Å². The molecule has 22 heavy (non-hydrogen) atoms. The van der Waals surface area contributed by atoms with Crippen molar-refractivity contribution >= 4 is 21.2 Å². The monoisotopic (exact) mass is 320 g/mol. The van der Waals surface area contributed by atoms with Gasteiger partial charge in [-0.25, -0.2) is 8.42 Å². The minimum atomic E-state index is -3.48. The first kappa shape index (κ1) is 16.0. The molecule has 7 heteroatoms. The zero-order valence-electron chi connectivity index (χ0n) is 12.3. The summed E-state index contributed by atoms with van der Waals surface area (Å²) in [7, 11) is -1.75. The van der Waals surface area contributed by atoms with Crippen molar-refractivity contribution in [3.05, 3.63) is 64.2 Å². The van der Waals surface area contributed by atoms with Gasteiger partial charge in [-0.2, -0.15) is 0 Å². The molecule has 0 N–H and O–H groups in total. The molecule has 2 aromatic carbocycles. The summed E-state index contributed by atoms with van der Waals surface area (Å²) >= 11 is 0. The average Bonchev–Trinajstić information content (AvgIpc) is 2.46. The zero-order chi connectivity index (χ0) is 16.3. The fraction of sp³-hybridized carbons (Fsp3) is 0.200. The van der Waals surface area contributed by atoms with Gasteiger partial charge in [0.1, 0.15) is 5.69 Å². The molecule has 0 unspecified atom stereocenters. The van der Waals surface area contributed by atoms with Crippen LogP contribution >= 0.6 is 0 Å². The van der Waals surface area contributed by atoms with Gasteiger partial charge in [-0.05, 0) is 17.7 Å². The lowest BCUT2D eigenvalue weighted by molar-refractivity contribution is -0.384. The van der Waals surface area contributed by atoms with Gasteiger partial charge in [0, 0.05) is 25.9 Å². The number of sulfone groups is 1. The first-order valence-corrected chi connectivity index (χ1v) is 8.42. The van der Waals surface area contributed by atoms with Crippen LogP contribution in [0.2, 0.25) is 0 Å². The fourth-order valence-electron chi connectivity index (χ4n) is 2.15. The van der Waals surface area contributed by atoms with Crippen molar-refractivity contribution in [3.8, 4) is 0 Å². The van der Waals surface area contributed by atoms with E-state index in [2.05, 4.69) is 0 Å². The summed E-state index contributed by atoms with van der Waals surface area (Å²) in [5.74, 6) is 0. The van der Waals surface area contributed by atoms with Crippen molar-refractivity contribution in [2.45, 2.75) is 11.4 Å². The quantitative estimate of drug-likeness (QED) is 0.625. The maximum Gasteiger partial charge on any atom is 0.293 e. The molecular formula is C15H16N2O4S. The van der Waals surface area contributed by atoms with Crippen molar-refractivity contribution in [1.29, 1.82) is 0 Å². The summed E-state index contributed by atoms with van der Waals surface area (Å²) < 4.78 is 23.1. The minimum absolute atomic E-state index is 0.0592. The van der Waals surface area contributed by atoms with Gasteiger partial charge in [0.05, 0.1) is 9.82 Å². The van der Waals surface area contributed by atoms with Crippen LogP contribution in [0.15, 0.2) is 53.4 Å². The molecule has 2 aromatic rings. The number of benzene rings is 2. The molecule has 0 aliphatic rings. The molecule has 116 valence electrons. The first-order valence-electron chi connectivity index (χ1n) is 6.52.